The Morgan fingerprint density at radius 1 is 1.27 bits per heavy atom. The highest BCUT2D eigenvalue weighted by atomic mass is 32.2. The lowest BCUT2D eigenvalue weighted by atomic mass is 10.3. The molecule has 1 rings (SSSR count). The predicted octanol–water partition coefficient (Wildman–Crippen LogP) is 1.75. The van der Waals surface area contributed by atoms with E-state index in [2.05, 4.69) is 6.58 Å². The van der Waals surface area contributed by atoms with Crippen LogP contribution in [0.5, 0.6) is 5.75 Å². The molecule has 0 N–H and O–H groups in total. The fourth-order valence-electron chi connectivity index (χ4n) is 0.932. The molecule has 1 aromatic rings. The third-order valence-electron chi connectivity index (χ3n) is 1.71. The largest absolute Gasteiger partial charge is 0.465 e. The molecule has 0 fully saturated rings. The average molecular weight is 224 g/mol. The highest BCUT2D eigenvalue weighted by molar-refractivity contribution is 7.73. The standard InChI is InChI=1S/C11H12O3S/c1-2-11(15(12)13)8-9-14-10-6-4-3-5-7-10/h2-9,11,15H,1H2. The van der Waals surface area contributed by atoms with Crippen molar-refractivity contribution in [1.29, 1.82) is 0 Å². The predicted molar refractivity (Wildman–Crippen MR) is 60.5 cm³/mol. The molecule has 0 amide bonds. The van der Waals surface area contributed by atoms with Gasteiger partial charge >= 0.3 is 0 Å². The molecule has 0 aliphatic heterocycles. The highest BCUT2D eigenvalue weighted by Gasteiger charge is 2.00. The smallest absolute Gasteiger partial charge is 0.150 e. The summed E-state index contributed by atoms with van der Waals surface area (Å²) in [5.41, 5.74) is 0. The van der Waals surface area contributed by atoms with Crippen LogP contribution in [0.2, 0.25) is 0 Å². The molecule has 3 nitrogen and oxygen atoms in total. The molecule has 0 spiro atoms. The fourth-order valence-corrected chi connectivity index (χ4v) is 1.32. The Hall–Kier alpha value is -1.55. The van der Waals surface area contributed by atoms with Crippen molar-refractivity contribution in [2.45, 2.75) is 5.25 Å². The Balaban J connectivity index is 2.56. The molecule has 0 radical (unpaired) electrons. The molecule has 0 saturated heterocycles. The zero-order valence-electron chi connectivity index (χ0n) is 8.08. The van der Waals surface area contributed by atoms with Gasteiger partial charge in [0, 0.05) is 0 Å². The summed E-state index contributed by atoms with van der Waals surface area (Å²) in [5.74, 6) is 0.665. The third-order valence-corrected chi connectivity index (χ3v) is 2.58. The van der Waals surface area contributed by atoms with Gasteiger partial charge in [0.15, 0.2) is 0 Å². The topological polar surface area (TPSA) is 43.4 Å². The molecular weight excluding hydrogens is 212 g/mol. The summed E-state index contributed by atoms with van der Waals surface area (Å²) in [4.78, 5) is 0. The molecule has 1 unspecified atom stereocenters. The van der Waals surface area contributed by atoms with Crippen molar-refractivity contribution in [3.8, 4) is 5.75 Å². The van der Waals surface area contributed by atoms with E-state index in [-0.39, 0.29) is 0 Å². The van der Waals surface area contributed by atoms with Gasteiger partial charge in [-0.05, 0) is 18.2 Å². The highest BCUT2D eigenvalue weighted by Crippen LogP contribution is 2.08. The molecular formula is C11H12O3S. The van der Waals surface area contributed by atoms with Crippen LogP contribution < -0.4 is 4.74 Å². The van der Waals surface area contributed by atoms with E-state index in [0.717, 1.165) is 0 Å². The van der Waals surface area contributed by atoms with Gasteiger partial charge in [-0.2, -0.15) is 0 Å². The Morgan fingerprint density at radius 3 is 2.47 bits per heavy atom. The van der Waals surface area contributed by atoms with Gasteiger partial charge in [0.2, 0.25) is 0 Å². The number of ether oxygens (including phenoxy) is 1. The van der Waals surface area contributed by atoms with Gasteiger partial charge in [-0.3, -0.25) is 0 Å². The Kier molecular flexibility index (Phi) is 4.63. The third kappa shape index (κ3) is 3.99. The van der Waals surface area contributed by atoms with Crippen molar-refractivity contribution in [3.05, 3.63) is 55.3 Å². The molecule has 80 valence electrons. The molecule has 0 aliphatic carbocycles. The monoisotopic (exact) mass is 224 g/mol. The second kappa shape index (κ2) is 6.03. The first kappa shape index (κ1) is 11.5. The van der Waals surface area contributed by atoms with Crippen molar-refractivity contribution in [2.24, 2.45) is 0 Å². The van der Waals surface area contributed by atoms with Gasteiger partial charge in [-0.15, -0.1) is 6.58 Å². The van der Waals surface area contributed by atoms with E-state index >= 15 is 0 Å². The number of thiol groups is 1. The average Bonchev–Trinajstić information content (AvgIpc) is 2.25. The lowest BCUT2D eigenvalue weighted by Crippen LogP contribution is -2.01. The van der Waals surface area contributed by atoms with Gasteiger partial charge in [-0.1, -0.05) is 24.3 Å². The van der Waals surface area contributed by atoms with E-state index in [0.29, 0.717) is 5.75 Å². The second-order valence-electron chi connectivity index (χ2n) is 2.77. The van der Waals surface area contributed by atoms with Crippen LogP contribution in [0.3, 0.4) is 0 Å². The molecule has 0 heterocycles. The fraction of sp³-hybridized carbons (Fsp3) is 0.0909. The van der Waals surface area contributed by atoms with Gasteiger partial charge < -0.3 is 4.74 Å². The van der Waals surface area contributed by atoms with Crippen molar-refractivity contribution in [1.82, 2.24) is 0 Å². The van der Waals surface area contributed by atoms with E-state index in [1.165, 1.54) is 18.4 Å². The summed E-state index contributed by atoms with van der Waals surface area (Å²) in [6.45, 7) is 3.42. The summed E-state index contributed by atoms with van der Waals surface area (Å²) in [6, 6.07) is 9.11. The molecule has 0 bridgehead atoms. The maximum atomic E-state index is 10.6. The first-order chi connectivity index (χ1) is 7.24. The van der Waals surface area contributed by atoms with E-state index in [9.17, 15) is 8.42 Å². The van der Waals surface area contributed by atoms with Crippen molar-refractivity contribution in [2.75, 3.05) is 0 Å². The second-order valence-corrected chi connectivity index (χ2v) is 3.94. The van der Waals surface area contributed by atoms with Gasteiger partial charge in [-0.25, -0.2) is 8.42 Å². The van der Waals surface area contributed by atoms with Crippen LogP contribution in [0.25, 0.3) is 0 Å². The first-order valence-electron chi connectivity index (χ1n) is 4.38. The molecule has 0 saturated carbocycles. The molecule has 0 aliphatic rings. The van der Waals surface area contributed by atoms with Crippen molar-refractivity contribution >= 4 is 10.7 Å². The van der Waals surface area contributed by atoms with E-state index < -0.39 is 16.0 Å². The summed E-state index contributed by atoms with van der Waals surface area (Å²) in [7, 11) is -2.53. The summed E-state index contributed by atoms with van der Waals surface area (Å²) >= 11 is 0. The summed E-state index contributed by atoms with van der Waals surface area (Å²) in [5, 5.41) is -0.677. The zero-order valence-corrected chi connectivity index (χ0v) is 8.97. The molecule has 4 heteroatoms. The molecule has 0 aromatic heterocycles. The maximum Gasteiger partial charge on any atom is 0.150 e. The van der Waals surface area contributed by atoms with Gasteiger partial charge in [0.25, 0.3) is 0 Å². The van der Waals surface area contributed by atoms with E-state index in [1.54, 1.807) is 12.1 Å². The van der Waals surface area contributed by atoms with E-state index in [1.807, 2.05) is 18.2 Å². The number of hydrogen-bond donors (Lipinski definition) is 1. The minimum atomic E-state index is -2.53. The van der Waals surface area contributed by atoms with Gasteiger partial charge in [0.1, 0.15) is 16.5 Å². The lowest BCUT2D eigenvalue weighted by Gasteiger charge is -1.99. The van der Waals surface area contributed by atoms with E-state index in [4.69, 9.17) is 4.74 Å². The van der Waals surface area contributed by atoms with Crippen LogP contribution in [0.4, 0.5) is 0 Å². The van der Waals surface area contributed by atoms with Crippen molar-refractivity contribution in [3.63, 3.8) is 0 Å². The number of para-hydroxylation sites is 1. The minimum absolute atomic E-state index is 0.665. The summed E-state index contributed by atoms with van der Waals surface area (Å²) < 4.78 is 26.5. The molecule has 15 heavy (non-hydrogen) atoms. The van der Waals surface area contributed by atoms with Crippen LogP contribution >= 0.6 is 0 Å². The Labute approximate surface area is 90.6 Å². The van der Waals surface area contributed by atoms with Crippen molar-refractivity contribution < 1.29 is 13.2 Å². The molecule has 1 aromatic carbocycles. The van der Waals surface area contributed by atoms with Crippen LogP contribution in [-0.4, -0.2) is 13.7 Å². The lowest BCUT2D eigenvalue weighted by molar-refractivity contribution is 0.479. The first-order valence-corrected chi connectivity index (χ1v) is 5.63. The zero-order chi connectivity index (χ0) is 11.1. The van der Waals surface area contributed by atoms with Crippen LogP contribution in [0.15, 0.2) is 55.3 Å². The SMILES string of the molecule is C=CC(C=COc1ccccc1)[SH](=O)=O. The number of rotatable bonds is 5. The van der Waals surface area contributed by atoms with Crippen LogP contribution in [-0.2, 0) is 10.7 Å². The molecule has 1 atom stereocenters. The minimum Gasteiger partial charge on any atom is -0.465 e. The quantitative estimate of drug-likeness (QED) is 0.470. The summed E-state index contributed by atoms with van der Waals surface area (Å²) in [6.07, 6.45) is 4.13. The normalized spacial score (nSPS) is 12.9. The van der Waals surface area contributed by atoms with Crippen LogP contribution in [0.1, 0.15) is 0 Å². The van der Waals surface area contributed by atoms with Crippen LogP contribution in [0, 0.1) is 0 Å². The Morgan fingerprint density at radius 2 is 1.93 bits per heavy atom. The Bertz CT molecular complexity index is 399. The number of hydrogen-bond acceptors (Lipinski definition) is 3. The number of benzene rings is 1. The maximum absolute atomic E-state index is 10.6. The van der Waals surface area contributed by atoms with Gasteiger partial charge in [0.05, 0.1) is 11.5 Å².